The van der Waals surface area contributed by atoms with E-state index in [9.17, 15) is 9.59 Å². The molecular weight excluding hydrogens is 346 g/mol. The van der Waals surface area contributed by atoms with E-state index in [0.29, 0.717) is 21.5 Å². The number of nitrogens with zero attached hydrogens (tertiary/aromatic N) is 1. The summed E-state index contributed by atoms with van der Waals surface area (Å²) in [4.78, 5) is 30.0. The lowest BCUT2D eigenvalue weighted by atomic mass is 9.87. The largest absolute Gasteiger partial charge is 0.279 e. The molecule has 3 rings (SSSR count). The van der Waals surface area contributed by atoms with Gasteiger partial charge in [0.15, 0.2) is 0 Å². The number of aromatic nitrogens is 1. The summed E-state index contributed by atoms with van der Waals surface area (Å²) < 4.78 is 0. The minimum Gasteiger partial charge on any atom is -0.267 e. The molecule has 2 aromatic heterocycles. The lowest BCUT2D eigenvalue weighted by Crippen LogP contribution is -2.41. The van der Waals surface area contributed by atoms with Gasteiger partial charge in [0.25, 0.3) is 11.8 Å². The van der Waals surface area contributed by atoms with Gasteiger partial charge < -0.3 is 0 Å². The smallest absolute Gasteiger partial charge is 0.267 e. The van der Waals surface area contributed by atoms with Crippen LogP contribution in [0.15, 0.2) is 24.4 Å². The number of carbonyl (C=O) groups excluding carboxylic acids is 2. The fraction of sp³-hybridized carbons (Fsp3) is 0.353. The molecule has 0 radical (unpaired) electrons. The summed E-state index contributed by atoms with van der Waals surface area (Å²) in [7, 11) is 0. The van der Waals surface area contributed by atoms with E-state index >= 15 is 0 Å². The minimum atomic E-state index is -0.431. The van der Waals surface area contributed by atoms with Crippen molar-refractivity contribution in [2.24, 2.45) is 5.92 Å². The fourth-order valence-electron chi connectivity index (χ4n) is 2.82. The zero-order valence-corrected chi connectivity index (χ0v) is 14.8. The summed E-state index contributed by atoms with van der Waals surface area (Å²) >= 11 is 7.20. The number of fused-ring (bicyclic) bond motifs is 1. The van der Waals surface area contributed by atoms with Crippen LogP contribution in [0, 0.1) is 5.92 Å². The molecule has 0 aliphatic heterocycles. The van der Waals surface area contributed by atoms with E-state index < -0.39 is 5.91 Å². The van der Waals surface area contributed by atoms with Gasteiger partial charge in [0.1, 0.15) is 5.15 Å². The van der Waals surface area contributed by atoms with Crippen LogP contribution in [0.1, 0.15) is 50.2 Å². The van der Waals surface area contributed by atoms with Crippen molar-refractivity contribution in [3.8, 4) is 0 Å². The van der Waals surface area contributed by atoms with Gasteiger partial charge in [0, 0.05) is 11.1 Å². The van der Waals surface area contributed by atoms with Gasteiger partial charge in [-0.2, -0.15) is 0 Å². The highest BCUT2D eigenvalue weighted by Gasteiger charge is 2.22. The van der Waals surface area contributed by atoms with E-state index in [1.807, 2.05) is 6.07 Å². The van der Waals surface area contributed by atoms with Crippen LogP contribution in [0.25, 0.3) is 0 Å². The summed E-state index contributed by atoms with van der Waals surface area (Å²) in [5.41, 5.74) is 6.46. The van der Waals surface area contributed by atoms with E-state index in [4.69, 9.17) is 11.6 Å². The van der Waals surface area contributed by atoms with Crippen LogP contribution in [0.3, 0.4) is 0 Å². The second kappa shape index (κ2) is 7.32. The maximum atomic E-state index is 12.3. The zero-order valence-electron chi connectivity index (χ0n) is 13.3. The van der Waals surface area contributed by atoms with E-state index in [2.05, 4.69) is 22.8 Å². The van der Waals surface area contributed by atoms with Crippen molar-refractivity contribution in [2.45, 2.75) is 32.6 Å². The Kier molecular flexibility index (Phi) is 5.16. The van der Waals surface area contributed by atoms with Gasteiger partial charge in [-0.05, 0) is 48.9 Å². The molecule has 5 nitrogen and oxygen atoms in total. The van der Waals surface area contributed by atoms with Gasteiger partial charge in [0.05, 0.1) is 10.4 Å². The number of pyridine rings is 1. The van der Waals surface area contributed by atoms with Crippen molar-refractivity contribution in [1.82, 2.24) is 15.8 Å². The molecular formula is C17H18ClN3O2S. The Morgan fingerprint density at radius 3 is 2.83 bits per heavy atom. The Balaban J connectivity index is 1.60. The Morgan fingerprint density at radius 2 is 2.12 bits per heavy atom. The molecule has 0 saturated heterocycles. The molecule has 2 amide bonds. The number of hydrazine groups is 1. The average molecular weight is 364 g/mol. The monoisotopic (exact) mass is 363 g/mol. The molecule has 2 N–H and O–H groups in total. The normalized spacial score (nSPS) is 16.3. The predicted molar refractivity (Wildman–Crippen MR) is 94.3 cm³/mol. The molecule has 7 heteroatoms. The van der Waals surface area contributed by atoms with E-state index in [1.54, 1.807) is 6.07 Å². The van der Waals surface area contributed by atoms with Crippen LogP contribution in [-0.2, 0) is 12.8 Å². The minimum absolute atomic E-state index is 0.294. The van der Waals surface area contributed by atoms with Crippen LogP contribution in [0.4, 0.5) is 0 Å². The zero-order chi connectivity index (χ0) is 17.1. The molecule has 0 saturated carbocycles. The van der Waals surface area contributed by atoms with E-state index in [0.717, 1.165) is 12.8 Å². The first-order valence-electron chi connectivity index (χ1n) is 7.90. The average Bonchev–Trinajstić information content (AvgIpc) is 3.03. The van der Waals surface area contributed by atoms with Gasteiger partial charge in [-0.1, -0.05) is 24.9 Å². The van der Waals surface area contributed by atoms with Gasteiger partial charge in [0.2, 0.25) is 0 Å². The van der Waals surface area contributed by atoms with Crippen LogP contribution in [0.5, 0.6) is 0 Å². The highest BCUT2D eigenvalue weighted by atomic mass is 35.5. The van der Waals surface area contributed by atoms with Gasteiger partial charge >= 0.3 is 0 Å². The molecule has 0 aromatic carbocycles. The number of carbonyl (C=O) groups is 2. The van der Waals surface area contributed by atoms with Crippen molar-refractivity contribution < 1.29 is 9.59 Å². The van der Waals surface area contributed by atoms with Crippen LogP contribution in [0.2, 0.25) is 5.15 Å². The molecule has 1 aliphatic rings. The number of hydrogen-bond donors (Lipinski definition) is 2. The number of aryl methyl sites for hydroxylation is 1. The molecule has 0 fully saturated rings. The molecule has 1 atom stereocenters. The highest BCUT2D eigenvalue weighted by molar-refractivity contribution is 7.14. The Bertz CT molecular complexity index is 758. The summed E-state index contributed by atoms with van der Waals surface area (Å²) in [5.74, 6) is -0.0160. The first-order valence-corrected chi connectivity index (χ1v) is 9.10. The van der Waals surface area contributed by atoms with E-state index in [-0.39, 0.29) is 5.91 Å². The third kappa shape index (κ3) is 3.76. The Hall–Kier alpha value is -1.92. The lowest BCUT2D eigenvalue weighted by molar-refractivity contribution is 0.0848. The molecule has 126 valence electrons. The number of thiophene rings is 1. The first-order chi connectivity index (χ1) is 11.6. The number of rotatable bonds is 3. The van der Waals surface area contributed by atoms with Crippen molar-refractivity contribution >= 4 is 34.8 Å². The number of amides is 2. The van der Waals surface area contributed by atoms with Crippen LogP contribution < -0.4 is 10.9 Å². The van der Waals surface area contributed by atoms with E-state index in [1.165, 1.54) is 46.9 Å². The Labute approximate surface area is 149 Å². The van der Waals surface area contributed by atoms with Crippen LogP contribution in [-0.4, -0.2) is 16.8 Å². The second-order valence-electron chi connectivity index (χ2n) is 5.85. The van der Waals surface area contributed by atoms with Gasteiger partial charge in [-0.15, -0.1) is 11.3 Å². The molecule has 1 aliphatic carbocycles. The standard InChI is InChI=1S/C17H18ClN3O2S/c1-2-10-3-5-13-12(7-10)8-14(24-13)17(23)21-20-16(22)11-4-6-15(18)19-9-11/h4,6,8-10H,2-3,5,7H2,1H3,(H,20,22)(H,21,23)/t10-/m0/s1. The lowest BCUT2D eigenvalue weighted by Gasteiger charge is -2.19. The summed E-state index contributed by atoms with van der Waals surface area (Å²) in [6.07, 6.45) is 5.79. The van der Waals surface area contributed by atoms with Gasteiger partial charge in [-0.3, -0.25) is 20.4 Å². The molecule has 0 bridgehead atoms. The fourth-order valence-corrected chi connectivity index (χ4v) is 4.03. The van der Waals surface area contributed by atoms with Crippen LogP contribution >= 0.6 is 22.9 Å². The van der Waals surface area contributed by atoms with Crippen molar-refractivity contribution in [3.63, 3.8) is 0 Å². The topological polar surface area (TPSA) is 71.1 Å². The SMILES string of the molecule is CC[C@H]1CCc2sc(C(=O)NNC(=O)c3ccc(Cl)nc3)cc2C1. The third-order valence-electron chi connectivity index (χ3n) is 4.27. The number of hydrogen-bond acceptors (Lipinski definition) is 4. The molecule has 0 spiro atoms. The second-order valence-corrected chi connectivity index (χ2v) is 7.38. The quantitative estimate of drug-likeness (QED) is 0.648. The predicted octanol–water partition coefficient (Wildman–Crippen LogP) is 3.39. The molecule has 0 unspecified atom stereocenters. The van der Waals surface area contributed by atoms with Crippen molar-refractivity contribution in [1.29, 1.82) is 0 Å². The first kappa shape index (κ1) is 16.9. The van der Waals surface area contributed by atoms with Crippen molar-refractivity contribution in [3.05, 3.63) is 50.4 Å². The number of nitrogens with one attached hydrogen (secondary N) is 2. The molecule has 2 heterocycles. The maximum Gasteiger partial charge on any atom is 0.279 e. The summed E-state index contributed by atoms with van der Waals surface area (Å²) in [6, 6.07) is 5.02. The molecule has 2 aromatic rings. The Morgan fingerprint density at radius 1 is 1.33 bits per heavy atom. The molecule has 24 heavy (non-hydrogen) atoms. The summed E-state index contributed by atoms with van der Waals surface area (Å²) in [5, 5.41) is 0.310. The summed E-state index contributed by atoms with van der Waals surface area (Å²) in [6.45, 7) is 2.21. The number of halogens is 1. The van der Waals surface area contributed by atoms with Gasteiger partial charge in [-0.25, -0.2) is 4.98 Å². The highest BCUT2D eigenvalue weighted by Crippen LogP contribution is 2.33. The van der Waals surface area contributed by atoms with Crippen molar-refractivity contribution in [2.75, 3.05) is 0 Å². The third-order valence-corrected chi connectivity index (χ3v) is 5.72. The maximum absolute atomic E-state index is 12.3.